The predicted molar refractivity (Wildman–Crippen MR) is 203 cm³/mol. The van der Waals surface area contributed by atoms with Gasteiger partial charge in [-0.3, -0.25) is 0 Å². The van der Waals surface area contributed by atoms with E-state index in [1.54, 1.807) is 0 Å². The molecule has 0 aromatic heterocycles. The van der Waals surface area contributed by atoms with E-state index in [1.807, 2.05) is 13.8 Å². The molecule has 0 saturated carbocycles. The van der Waals surface area contributed by atoms with Crippen LogP contribution in [0.3, 0.4) is 0 Å². The number of rotatable bonds is 2. The second-order valence-corrected chi connectivity index (χ2v) is 11.4. The average molecular weight is 597 g/mol. The molecule has 2 aliphatic rings. The van der Waals surface area contributed by atoms with Crippen molar-refractivity contribution in [3.63, 3.8) is 0 Å². The summed E-state index contributed by atoms with van der Waals surface area (Å²) in [6, 6.07) is 48.5. The number of hydrogen-bond acceptors (Lipinski definition) is 0. The van der Waals surface area contributed by atoms with E-state index >= 15 is 0 Å². The van der Waals surface area contributed by atoms with Crippen LogP contribution in [0.15, 0.2) is 176 Å². The molecule has 0 atom stereocenters. The minimum Gasteiger partial charge on any atom is -0.106 e. The summed E-state index contributed by atoms with van der Waals surface area (Å²) in [5, 5.41) is 5.37. The Bertz CT molecular complexity index is 1920. The Kier molecular flexibility index (Phi) is 10.3. The molecule has 0 unspecified atom stereocenters. The predicted octanol–water partition coefficient (Wildman–Crippen LogP) is 12.7. The zero-order valence-electron chi connectivity index (χ0n) is 27.6. The summed E-state index contributed by atoms with van der Waals surface area (Å²) < 4.78 is 0. The van der Waals surface area contributed by atoms with Crippen LogP contribution in [0.5, 0.6) is 0 Å². The smallest absolute Gasteiger partial charge is 0.0710 e. The van der Waals surface area contributed by atoms with Gasteiger partial charge in [0.1, 0.15) is 0 Å². The molecule has 0 fully saturated rings. The normalized spacial score (nSPS) is 13.7. The van der Waals surface area contributed by atoms with Crippen molar-refractivity contribution in [3.8, 4) is 0 Å². The fourth-order valence-electron chi connectivity index (χ4n) is 6.85. The van der Waals surface area contributed by atoms with Gasteiger partial charge in [-0.05, 0) is 75.2 Å². The quantitative estimate of drug-likeness (QED) is 0.138. The molecule has 6 aromatic carbocycles. The molecule has 2 aliphatic carbocycles. The molecule has 0 aliphatic heterocycles. The molecular weight excluding hydrogens is 553 g/mol. The lowest BCUT2D eigenvalue weighted by atomic mass is 9.67. The Morgan fingerprint density at radius 1 is 0.565 bits per heavy atom. The molecule has 0 radical (unpaired) electrons. The summed E-state index contributed by atoms with van der Waals surface area (Å²) in [6.45, 7) is 14.3. The fourth-order valence-corrected chi connectivity index (χ4v) is 6.85. The van der Waals surface area contributed by atoms with Gasteiger partial charge in [0.2, 0.25) is 0 Å². The second-order valence-electron chi connectivity index (χ2n) is 11.4. The van der Waals surface area contributed by atoms with Gasteiger partial charge >= 0.3 is 0 Å². The molecule has 228 valence electrons. The SMILES string of the molecule is C1=CCC=C2C(=C1)c1ccccc1C2(c1ccccc1)c1ccccc1.C=C.CC.Cc1ccc2ccc3ccc(C)cc3c2c1. The first-order valence-electron chi connectivity index (χ1n) is 16.3. The van der Waals surface area contributed by atoms with Crippen LogP contribution in [0, 0.1) is 13.8 Å². The van der Waals surface area contributed by atoms with Crippen LogP contribution in [0.25, 0.3) is 27.1 Å². The molecule has 0 spiro atoms. The molecule has 0 N–H and O–H groups in total. The maximum absolute atomic E-state index is 3.00. The van der Waals surface area contributed by atoms with Crippen LogP contribution in [0.1, 0.15) is 53.6 Å². The highest BCUT2D eigenvalue weighted by molar-refractivity contribution is 6.07. The molecule has 0 amide bonds. The van der Waals surface area contributed by atoms with Gasteiger partial charge in [0.05, 0.1) is 5.41 Å². The molecule has 0 heterocycles. The average Bonchev–Trinajstić information content (AvgIpc) is 3.22. The van der Waals surface area contributed by atoms with E-state index in [4.69, 9.17) is 0 Å². The minimum absolute atomic E-state index is 0.253. The Morgan fingerprint density at radius 3 is 1.59 bits per heavy atom. The number of allylic oxidation sites excluding steroid dienone is 6. The van der Waals surface area contributed by atoms with Crippen molar-refractivity contribution in [2.24, 2.45) is 0 Å². The Hall–Kier alpha value is -5.20. The Labute approximate surface area is 275 Å². The highest BCUT2D eigenvalue weighted by Gasteiger charge is 2.47. The summed E-state index contributed by atoms with van der Waals surface area (Å²) in [6.07, 6.45) is 10.1. The summed E-state index contributed by atoms with van der Waals surface area (Å²) >= 11 is 0. The number of aryl methyl sites for hydroxylation is 2. The maximum atomic E-state index is 3.00. The van der Waals surface area contributed by atoms with E-state index in [0.29, 0.717) is 0 Å². The first-order valence-corrected chi connectivity index (χ1v) is 16.3. The molecule has 0 heteroatoms. The highest BCUT2D eigenvalue weighted by Crippen LogP contribution is 2.57. The summed E-state index contributed by atoms with van der Waals surface area (Å²) in [5.41, 5.74) is 10.5. The lowest BCUT2D eigenvalue weighted by Gasteiger charge is -2.34. The first-order chi connectivity index (χ1) is 22.7. The van der Waals surface area contributed by atoms with Crippen molar-refractivity contribution in [2.75, 3.05) is 0 Å². The van der Waals surface area contributed by atoms with Crippen molar-refractivity contribution >= 4 is 27.1 Å². The van der Waals surface area contributed by atoms with Crippen molar-refractivity contribution in [1.29, 1.82) is 0 Å². The standard InChI is InChI=1S/C26H20.C16H14.C2H6.C2H4/c1-4-12-20(13-5-1)26(21-14-6-2-7-15-21)24-18-9-3-8-16-22(24)23-17-10-11-19-25(23)26;1-11-3-5-13-7-8-14-6-4-12(2)10-16(14)15(13)9-11;2*1-2/h1-8,10-19H,9H2;3-10H,1-2H3;1-2H3;1-2H2. The van der Waals surface area contributed by atoms with Crippen molar-refractivity contribution < 1.29 is 0 Å². The van der Waals surface area contributed by atoms with Gasteiger partial charge in [0.15, 0.2) is 0 Å². The zero-order chi connectivity index (χ0) is 32.5. The molecule has 0 bridgehead atoms. The van der Waals surface area contributed by atoms with E-state index < -0.39 is 0 Å². The Balaban J connectivity index is 0.000000179. The zero-order valence-corrected chi connectivity index (χ0v) is 27.6. The third-order valence-electron chi connectivity index (χ3n) is 8.74. The van der Waals surface area contributed by atoms with Gasteiger partial charge in [-0.15, -0.1) is 13.2 Å². The molecule has 0 saturated heterocycles. The lowest BCUT2D eigenvalue weighted by Crippen LogP contribution is -2.28. The summed E-state index contributed by atoms with van der Waals surface area (Å²) in [7, 11) is 0. The number of hydrogen-bond donors (Lipinski definition) is 0. The third kappa shape index (κ3) is 5.92. The van der Waals surface area contributed by atoms with E-state index in [1.165, 1.54) is 66.1 Å². The molecule has 0 nitrogen and oxygen atoms in total. The molecule has 6 aromatic rings. The van der Waals surface area contributed by atoms with E-state index in [2.05, 4.69) is 185 Å². The summed E-state index contributed by atoms with van der Waals surface area (Å²) in [4.78, 5) is 0. The summed E-state index contributed by atoms with van der Waals surface area (Å²) in [5.74, 6) is 0. The second kappa shape index (κ2) is 14.7. The third-order valence-corrected chi connectivity index (χ3v) is 8.74. The fraction of sp³-hybridized carbons (Fsp3) is 0.130. The van der Waals surface area contributed by atoms with Crippen LogP contribution < -0.4 is 0 Å². The minimum atomic E-state index is -0.253. The van der Waals surface area contributed by atoms with Crippen LogP contribution in [-0.4, -0.2) is 0 Å². The van der Waals surface area contributed by atoms with Crippen LogP contribution in [0.2, 0.25) is 0 Å². The van der Waals surface area contributed by atoms with Crippen molar-refractivity contribution in [3.05, 3.63) is 210 Å². The van der Waals surface area contributed by atoms with Gasteiger partial charge in [-0.1, -0.05) is 183 Å². The number of fused-ring (bicyclic) bond motifs is 6. The molecule has 46 heavy (non-hydrogen) atoms. The van der Waals surface area contributed by atoms with Gasteiger partial charge in [-0.2, -0.15) is 0 Å². The first kappa shape index (κ1) is 32.2. The largest absolute Gasteiger partial charge is 0.106 e. The van der Waals surface area contributed by atoms with E-state index in [0.717, 1.165) is 6.42 Å². The number of benzene rings is 6. The lowest BCUT2D eigenvalue weighted by molar-refractivity contribution is 0.766. The van der Waals surface area contributed by atoms with Crippen molar-refractivity contribution in [1.82, 2.24) is 0 Å². The van der Waals surface area contributed by atoms with Crippen LogP contribution in [0.4, 0.5) is 0 Å². The van der Waals surface area contributed by atoms with Crippen molar-refractivity contribution in [2.45, 2.75) is 39.5 Å². The molecular formula is C46H44. The van der Waals surface area contributed by atoms with Crippen LogP contribution >= 0.6 is 0 Å². The van der Waals surface area contributed by atoms with E-state index in [9.17, 15) is 0 Å². The highest BCUT2D eigenvalue weighted by atomic mass is 14.5. The van der Waals surface area contributed by atoms with Gasteiger partial charge in [0.25, 0.3) is 0 Å². The van der Waals surface area contributed by atoms with Gasteiger partial charge in [-0.25, -0.2) is 0 Å². The topological polar surface area (TPSA) is 0 Å². The molecule has 8 rings (SSSR count). The van der Waals surface area contributed by atoms with E-state index in [-0.39, 0.29) is 5.41 Å². The maximum Gasteiger partial charge on any atom is 0.0710 e. The monoisotopic (exact) mass is 596 g/mol. The Morgan fingerprint density at radius 2 is 1.04 bits per heavy atom. The van der Waals surface area contributed by atoms with Crippen LogP contribution in [-0.2, 0) is 5.41 Å². The van der Waals surface area contributed by atoms with Gasteiger partial charge < -0.3 is 0 Å². The van der Waals surface area contributed by atoms with Gasteiger partial charge in [0, 0.05) is 0 Å².